The zero-order valence-electron chi connectivity index (χ0n) is 19.2. The number of hydrogen-bond donors (Lipinski definition) is 2. The first-order chi connectivity index (χ1) is 16.3. The fraction of sp³-hybridized carbons (Fsp3) is 0.143. The summed E-state index contributed by atoms with van der Waals surface area (Å²) < 4.78 is 18.8. The Kier molecular flexibility index (Phi) is 6.59. The number of esters is 1. The number of hydrogen-bond acceptors (Lipinski definition) is 3. The summed E-state index contributed by atoms with van der Waals surface area (Å²) in [6, 6.07) is 22.4. The number of rotatable bonds is 6. The van der Waals surface area contributed by atoms with Gasteiger partial charge in [-0.2, -0.15) is 0 Å². The Labute approximate surface area is 197 Å². The van der Waals surface area contributed by atoms with Gasteiger partial charge in [-0.1, -0.05) is 44.2 Å². The van der Waals surface area contributed by atoms with Crippen LogP contribution >= 0.6 is 0 Å². The number of carbonyl (C=O) groups is 2. The van der Waals surface area contributed by atoms with Crippen molar-refractivity contribution < 1.29 is 18.7 Å². The third-order valence-electron chi connectivity index (χ3n) is 5.40. The van der Waals surface area contributed by atoms with Crippen LogP contribution in [0.1, 0.15) is 42.7 Å². The lowest BCUT2D eigenvalue weighted by Gasteiger charge is -2.12. The highest BCUT2D eigenvalue weighted by Crippen LogP contribution is 2.40. The molecule has 0 aliphatic rings. The molecule has 5 nitrogen and oxygen atoms in total. The molecule has 2 N–H and O–H groups in total. The van der Waals surface area contributed by atoms with Crippen molar-refractivity contribution in [3.05, 3.63) is 95.9 Å². The first kappa shape index (κ1) is 23.0. The molecule has 0 saturated heterocycles. The van der Waals surface area contributed by atoms with Gasteiger partial charge in [0.1, 0.15) is 11.6 Å². The van der Waals surface area contributed by atoms with Crippen LogP contribution in [0.2, 0.25) is 0 Å². The Morgan fingerprint density at radius 2 is 1.50 bits per heavy atom. The molecule has 0 spiro atoms. The standard InChI is InChI=1S/C28H25FN2O3/c1-17(2)26-25(28(33)30-22-7-5-4-6-8-22)24(19-11-15-23(16-12-19)34-18(3)32)27(31-26)20-9-13-21(29)14-10-20/h4-17,31H,1-3H3,(H,30,33). The van der Waals surface area contributed by atoms with Gasteiger partial charge >= 0.3 is 5.97 Å². The van der Waals surface area contributed by atoms with Crippen molar-refractivity contribution in [3.63, 3.8) is 0 Å². The third kappa shape index (κ3) is 4.91. The van der Waals surface area contributed by atoms with Crippen molar-refractivity contribution in [2.24, 2.45) is 0 Å². The van der Waals surface area contributed by atoms with Gasteiger partial charge in [0, 0.05) is 23.9 Å². The number of amides is 1. The van der Waals surface area contributed by atoms with E-state index in [0.29, 0.717) is 28.3 Å². The lowest BCUT2D eigenvalue weighted by molar-refractivity contribution is -0.131. The van der Waals surface area contributed by atoms with Crippen LogP contribution < -0.4 is 10.1 Å². The van der Waals surface area contributed by atoms with Gasteiger partial charge in [-0.15, -0.1) is 0 Å². The third-order valence-corrected chi connectivity index (χ3v) is 5.40. The number of halogens is 1. The number of carbonyl (C=O) groups excluding carboxylic acids is 2. The minimum absolute atomic E-state index is 0.0183. The topological polar surface area (TPSA) is 71.2 Å². The summed E-state index contributed by atoms with van der Waals surface area (Å²) in [6.07, 6.45) is 0. The van der Waals surface area contributed by atoms with Gasteiger partial charge in [0.25, 0.3) is 5.91 Å². The summed E-state index contributed by atoms with van der Waals surface area (Å²) in [5.74, 6) is -0.571. The van der Waals surface area contributed by atoms with Crippen LogP contribution in [0.25, 0.3) is 22.4 Å². The molecule has 1 heterocycles. The van der Waals surface area contributed by atoms with Crippen molar-refractivity contribution in [3.8, 4) is 28.1 Å². The van der Waals surface area contributed by atoms with Gasteiger partial charge in [-0.25, -0.2) is 4.39 Å². The first-order valence-electron chi connectivity index (χ1n) is 11.0. The molecule has 34 heavy (non-hydrogen) atoms. The molecule has 0 unspecified atom stereocenters. The Balaban J connectivity index is 1.90. The normalized spacial score (nSPS) is 10.9. The Bertz CT molecular complexity index is 1310. The lowest BCUT2D eigenvalue weighted by Crippen LogP contribution is -2.15. The van der Waals surface area contributed by atoms with E-state index in [0.717, 1.165) is 16.8 Å². The molecule has 0 atom stereocenters. The monoisotopic (exact) mass is 456 g/mol. The minimum Gasteiger partial charge on any atom is -0.427 e. The van der Waals surface area contributed by atoms with E-state index in [2.05, 4.69) is 10.3 Å². The van der Waals surface area contributed by atoms with Crippen LogP contribution in [-0.4, -0.2) is 16.9 Å². The van der Waals surface area contributed by atoms with Crippen LogP contribution in [0.4, 0.5) is 10.1 Å². The van der Waals surface area contributed by atoms with Crippen molar-refractivity contribution in [2.45, 2.75) is 26.7 Å². The Morgan fingerprint density at radius 1 is 0.882 bits per heavy atom. The summed E-state index contributed by atoms with van der Waals surface area (Å²) in [6.45, 7) is 5.36. The summed E-state index contributed by atoms with van der Waals surface area (Å²) in [5, 5.41) is 2.99. The zero-order chi connectivity index (χ0) is 24.2. The molecule has 0 fully saturated rings. The average Bonchev–Trinajstić information content (AvgIpc) is 3.21. The zero-order valence-corrected chi connectivity index (χ0v) is 19.2. The summed E-state index contributed by atoms with van der Waals surface area (Å²) in [4.78, 5) is 28.3. The molecule has 0 aliphatic carbocycles. The number of aromatic nitrogens is 1. The molecular weight excluding hydrogens is 431 g/mol. The number of anilines is 1. The van der Waals surface area contributed by atoms with E-state index in [-0.39, 0.29) is 17.6 Å². The van der Waals surface area contributed by atoms with E-state index in [1.807, 2.05) is 44.2 Å². The van der Waals surface area contributed by atoms with E-state index in [4.69, 9.17) is 4.74 Å². The lowest BCUT2D eigenvalue weighted by atomic mass is 9.94. The van der Waals surface area contributed by atoms with E-state index < -0.39 is 5.97 Å². The molecule has 0 saturated carbocycles. The van der Waals surface area contributed by atoms with Crippen molar-refractivity contribution in [2.75, 3.05) is 5.32 Å². The highest BCUT2D eigenvalue weighted by molar-refractivity contribution is 6.12. The number of nitrogens with one attached hydrogen (secondary N) is 2. The maximum atomic E-state index is 13.6. The molecule has 0 aliphatic heterocycles. The van der Waals surface area contributed by atoms with Crippen molar-refractivity contribution in [1.82, 2.24) is 4.98 Å². The van der Waals surface area contributed by atoms with Crippen LogP contribution in [0.3, 0.4) is 0 Å². The second-order valence-corrected chi connectivity index (χ2v) is 8.26. The highest BCUT2D eigenvalue weighted by Gasteiger charge is 2.26. The van der Waals surface area contributed by atoms with Gasteiger partial charge in [0.05, 0.1) is 11.3 Å². The fourth-order valence-corrected chi connectivity index (χ4v) is 3.88. The summed E-state index contributed by atoms with van der Waals surface area (Å²) >= 11 is 0. The van der Waals surface area contributed by atoms with Crippen LogP contribution in [-0.2, 0) is 4.79 Å². The fourth-order valence-electron chi connectivity index (χ4n) is 3.88. The summed E-state index contributed by atoms with van der Waals surface area (Å²) in [7, 11) is 0. The molecule has 1 aromatic heterocycles. The van der Waals surface area contributed by atoms with Crippen molar-refractivity contribution >= 4 is 17.6 Å². The predicted octanol–water partition coefficient (Wildman–Crippen LogP) is 6.79. The van der Waals surface area contributed by atoms with E-state index >= 15 is 0 Å². The number of H-pyrrole nitrogens is 1. The van der Waals surface area contributed by atoms with Gasteiger partial charge in [0.2, 0.25) is 0 Å². The number of benzene rings is 3. The van der Waals surface area contributed by atoms with E-state index in [9.17, 15) is 14.0 Å². The average molecular weight is 457 g/mol. The second-order valence-electron chi connectivity index (χ2n) is 8.26. The number of aromatic amines is 1. The molecule has 3 aromatic carbocycles. The molecule has 172 valence electrons. The molecular formula is C28H25FN2O3. The smallest absolute Gasteiger partial charge is 0.308 e. The molecule has 4 aromatic rings. The molecule has 1 amide bonds. The maximum Gasteiger partial charge on any atom is 0.308 e. The quantitative estimate of drug-likeness (QED) is 0.248. The Morgan fingerprint density at radius 3 is 2.09 bits per heavy atom. The molecule has 4 rings (SSSR count). The highest BCUT2D eigenvalue weighted by atomic mass is 19.1. The van der Waals surface area contributed by atoms with E-state index in [1.54, 1.807) is 36.4 Å². The number of ether oxygens (including phenoxy) is 1. The predicted molar refractivity (Wildman–Crippen MR) is 131 cm³/mol. The van der Waals surface area contributed by atoms with Crippen LogP contribution in [0.5, 0.6) is 5.75 Å². The van der Waals surface area contributed by atoms with Gasteiger partial charge in [-0.3, -0.25) is 9.59 Å². The first-order valence-corrected chi connectivity index (χ1v) is 11.0. The summed E-state index contributed by atoms with van der Waals surface area (Å²) in [5.41, 5.74) is 4.88. The van der Waals surface area contributed by atoms with Gasteiger partial charge in [0.15, 0.2) is 0 Å². The van der Waals surface area contributed by atoms with Crippen molar-refractivity contribution in [1.29, 1.82) is 0 Å². The second kappa shape index (κ2) is 9.75. The maximum absolute atomic E-state index is 13.6. The van der Waals surface area contributed by atoms with Crippen LogP contribution in [0, 0.1) is 5.82 Å². The SMILES string of the molecule is CC(=O)Oc1ccc(-c2c(-c3ccc(F)cc3)[nH]c(C(C)C)c2C(=O)Nc2ccccc2)cc1. The molecule has 6 heteroatoms. The van der Waals surface area contributed by atoms with Gasteiger partial charge < -0.3 is 15.0 Å². The van der Waals surface area contributed by atoms with Crippen LogP contribution in [0.15, 0.2) is 78.9 Å². The number of para-hydroxylation sites is 1. The molecule has 0 radical (unpaired) electrons. The van der Waals surface area contributed by atoms with Gasteiger partial charge in [-0.05, 0) is 65.6 Å². The minimum atomic E-state index is -0.411. The molecule has 0 bridgehead atoms. The Hall–Kier alpha value is -4.19. The van der Waals surface area contributed by atoms with E-state index in [1.165, 1.54) is 19.1 Å². The largest absolute Gasteiger partial charge is 0.427 e.